The Bertz CT molecular complexity index is 739. The fraction of sp³-hybridized carbons (Fsp3) is 0.0769. The second-order valence-electron chi connectivity index (χ2n) is 4.02. The molecule has 0 amide bonds. The summed E-state index contributed by atoms with van der Waals surface area (Å²) in [7, 11) is 0. The standard InChI is InChI=1S/C13H10BrN3OS/c1-7-6-10-11(16-13(15)17-12(10)19-7)18-9-4-2-8(14)3-5-9/h2-6H,1H3,(H2,15,16,17). The van der Waals surface area contributed by atoms with Gasteiger partial charge in [-0.3, -0.25) is 0 Å². The molecule has 0 bridgehead atoms. The van der Waals surface area contributed by atoms with Gasteiger partial charge in [-0.15, -0.1) is 11.3 Å². The number of fused-ring (bicyclic) bond motifs is 1. The fourth-order valence-electron chi connectivity index (χ4n) is 1.72. The third kappa shape index (κ3) is 2.54. The molecule has 1 aromatic carbocycles. The zero-order valence-electron chi connectivity index (χ0n) is 10.1. The highest BCUT2D eigenvalue weighted by atomic mass is 79.9. The molecule has 0 saturated heterocycles. The lowest BCUT2D eigenvalue weighted by Gasteiger charge is -2.06. The first kappa shape index (κ1) is 12.4. The van der Waals surface area contributed by atoms with E-state index in [0.29, 0.717) is 11.6 Å². The van der Waals surface area contributed by atoms with E-state index in [1.807, 2.05) is 37.3 Å². The molecule has 0 saturated carbocycles. The molecule has 96 valence electrons. The highest BCUT2D eigenvalue weighted by molar-refractivity contribution is 9.10. The number of thiophene rings is 1. The average molecular weight is 336 g/mol. The van der Waals surface area contributed by atoms with Gasteiger partial charge in [0.05, 0.1) is 5.39 Å². The highest BCUT2D eigenvalue weighted by Crippen LogP contribution is 2.33. The Morgan fingerprint density at radius 1 is 1.21 bits per heavy atom. The lowest BCUT2D eigenvalue weighted by atomic mass is 10.3. The summed E-state index contributed by atoms with van der Waals surface area (Å²) in [6, 6.07) is 9.57. The molecule has 2 aromatic heterocycles. The van der Waals surface area contributed by atoms with Gasteiger partial charge in [-0.2, -0.15) is 4.98 Å². The van der Waals surface area contributed by atoms with Crippen molar-refractivity contribution in [2.45, 2.75) is 6.92 Å². The van der Waals surface area contributed by atoms with Gasteiger partial charge in [-0.1, -0.05) is 15.9 Å². The molecular weight excluding hydrogens is 326 g/mol. The first-order valence-electron chi connectivity index (χ1n) is 5.59. The van der Waals surface area contributed by atoms with E-state index in [1.54, 1.807) is 11.3 Å². The molecule has 0 aliphatic heterocycles. The van der Waals surface area contributed by atoms with Crippen LogP contribution in [-0.2, 0) is 0 Å². The summed E-state index contributed by atoms with van der Waals surface area (Å²) in [6.45, 7) is 2.02. The summed E-state index contributed by atoms with van der Waals surface area (Å²) in [4.78, 5) is 10.4. The number of nitrogens with two attached hydrogens (primary N) is 1. The van der Waals surface area contributed by atoms with E-state index in [4.69, 9.17) is 10.5 Å². The van der Waals surface area contributed by atoms with E-state index in [-0.39, 0.29) is 5.95 Å². The van der Waals surface area contributed by atoms with Crippen molar-refractivity contribution in [3.8, 4) is 11.6 Å². The molecule has 0 radical (unpaired) electrons. The maximum absolute atomic E-state index is 5.80. The molecule has 0 atom stereocenters. The minimum Gasteiger partial charge on any atom is -0.438 e. The van der Waals surface area contributed by atoms with Gasteiger partial charge in [-0.05, 0) is 37.3 Å². The lowest BCUT2D eigenvalue weighted by molar-refractivity contribution is 0.469. The van der Waals surface area contributed by atoms with E-state index in [1.165, 1.54) is 0 Å². The Morgan fingerprint density at radius 3 is 2.68 bits per heavy atom. The highest BCUT2D eigenvalue weighted by Gasteiger charge is 2.11. The maximum Gasteiger partial charge on any atom is 0.232 e. The van der Waals surface area contributed by atoms with E-state index in [2.05, 4.69) is 25.9 Å². The summed E-state index contributed by atoms with van der Waals surface area (Å²) < 4.78 is 6.79. The smallest absolute Gasteiger partial charge is 0.232 e. The number of aryl methyl sites for hydroxylation is 1. The number of hydrogen-bond donors (Lipinski definition) is 1. The van der Waals surface area contributed by atoms with Crippen LogP contribution in [0.5, 0.6) is 11.6 Å². The quantitative estimate of drug-likeness (QED) is 0.764. The van der Waals surface area contributed by atoms with E-state index < -0.39 is 0 Å². The Hall–Kier alpha value is -1.66. The van der Waals surface area contributed by atoms with Crippen molar-refractivity contribution in [3.63, 3.8) is 0 Å². The van der Waals surface area contributed by atoms with Crippen LogP contribution in [0, 0.1) is 6.92 Å². The van der Waals surface area contributed by atoms with E-state index >= 15 is 0 Å². The second-order valence-corrected chi connectivity index (χ2v) is 6.17. The third-order valence-electron chi connectivity index (χ3n) is 2.53. The molecule has 0 fully saturated rings. The summed E-state index contributed by atoms with van der Waals surface area (Å²) in [6.07, 6.45) is 0. The number of rotatable bonds is 2. The van der Waals surface area contributed by atoms with Crippen LogP contribution >= 0.6 is 27.3 Å². The number of nitrogen functional groups attached to an aromatic ring is 1. The van der Waals surface area contributed by atoms with Crippen molar-refractivity contribution < 1.29 is 4.74 Å². The molecule has 3 rings (SSSR count). The number of anilines is 1. The van der Waals surface area contributed by atoms with Gasteiger partial charge >= 0.3 is 0 Å². The van der Waals surface area contributed by atoms with E-state index in [0.717, 1.165) is 19.6 Å². The van der Waals surface area contributed by atoms with E-state index in [9.17, 15) is 0 Å². The van der Waals surface area contributed by atoms with Crippen LogP contribution in [0.15, 0.2) is 34.8 Å². The van der Waals surface area contributed by atoms with Gasteiger partial charge in [-0.25, -0.2) is 4.98 Å². The molecule has 3 aromatic rings. The maximum atomic E-state index is 5.80. The third-order valence-corrected chi connectivity index (χ3v) is 4.00. The van der Waals surface area contributed by atoms with Gasteiger partial charge in [0.1, 0.15) is 10.6 Å². The van der Waals surface area contributed by atoms with Crippen LogP contribution in [0.1, 0.15) is 4.88 Å². The molecule has 0 aliphatic carbocycles. The number of benzene rings is 1. The Balaban J connectivity index is 2.06. The van der Waals surface area contributed by atoms with Crippen LogP contribution in [0.2, 0.25) is 0 Å². The SMILES string of the molecule is Cc1cc2c(Oc3ccc(Br)cc3)nc(N)nc2s1. The predicted molar refractivity (Wildman–Crippen MR) is 80.8 cm³/mol. The number of nitrogens with zero attached hydrogens (tertiary/aromatic N) is 2. The molecule has 19 heavy (non-hydrogen) atoms. The predicted octanol–water partition coefficient (Wildman–Crippen LogP) is 4.14. The van der Waals surface area contributed by atoms with Crippen molar-refractivity contribution in [1.29, 1.82) is 0 Å². The molecule has 6 heteroatoms. The molecule has 0 spiro atoms. The Kier molecular flexibility index (Phi) is 3.12. The number of aromatic nitrogens is 2. The van der Waals surface area contributed by atoms with Crippen LogP contribution in [-0.4, -0.2) is 9.97 Å². The van der Waals surface area contributed by atoms with Gasteiger partial charge in [0.2, 0.25) is 11.8 Å². The monoisotopic (exact) mass is 335 g/mol. The molecule has 0 aliphatic rings. The summed E-state index contributed by atoms with van der Waals surface area (Å²) in [5.74, 6) is 1.43. The van der Waals surface area contributed by atoms with Crippen molar-refractivity contribution in [1.82, 2.24) is 9.97 Å². The second kappa shape index (κ2) is 4.79. The van der Waals surface area contributed by atoms with Crippen LogP contribution in [0.4, 0.5) is 5.95 Å². The molecule has 0 unspecified atom stereocenters. The zero-order valence-corrected chi connectivity index (χ0v) is 12.5. The summed E-state index contributed by atoms with van der Waals surface area (Å²) >= 11 is 4.96. The van der Waals surface area contributed by atoms with Gasteiger partial charge in [0.25, 0.3) is 0 Å². The Labute approximate surface area is 122 Å². The fourth-order valence-corrected chi connectivity index (χ4v) is 2.87. The van der Waals surface area contributed by atoms with Gasteiger partial charge < -0.3 is 10.5 Å². The lowest BCUT2D eigenvalue weighted by Crippen LogP contribution is -1.97. The Morgan fingerprint density at radius 2 is 1.95 bits per heavy atom. The zero-order chi connectivity index (χ0) is 13.4. The van der Waals surface area contributed by atoms with Crippen LogP contribution in [0.3, 0.4) is 0 Å². The minimum absolute atomic E-state index is 0.224. The molecular formula is C13H10BrN3OS. The largest absolute Gasteiger partial charge is 0.438 e. The summed E-state index contributed by atoms with van der Waals surface area (Å²) in [5, 5.41) is 0.889. The molecule has 4 nitrogen and oxygen atoms in total. The minimum atomic E-state index is 0.224. The first-order valence-corrected chi connectivity index (χ1v) is 7.20. The summed E-state index contributed by atoms with van der Waals surface area (Å²) in [5.41, 5.74) is 5.71. The first-order chi connectivity index (χ1) is 9.11. The number of ether oxygens (including phenoxy) is 1. The van der Waals surface area contributed by atoms with Crippen LogP contribution in [0.25, 0.3) is 10.2 Å². The number of halogens is 1. The molecule has 2 N–H and O–H groups in total. The van der Waals surface area contributed by atoms with Gasteiger partial charge in [0, 0.05) is 9.35 Å². The normalized spacial score (nSPS) is 10.8. The van der Waals surface area contributed by atoms with Crippen molar-refractivity contribution in [2.75, 3.05) is 5.73 Å². The average Bonchev–Trinajstić information content (AvgIpc) is 2.72. The van der Waals surface area contributed by atoms with Crippen molar-refractivity contribution >= 4 is 43.4 Å². The number of hydrogen-bond acceptors (Lipinski definition) is 5. The topological polar surface area (TPSA) is 61.0 Å². The van der Waals surface area contributed by atoms with Crippen LogP contribution < -0.4 is 10.5 Å². The van der Waals surface area contributed by atoms with Gasteiger partial charge in [0.15, 0.2) is 0 Å². The van der Waals surface area contributed by atoms with Crippen molar-refractivity contribution in [3.05, 3.63) is 39.7 Å². The van der Waals surface area contributed by atoms with Crippen molar-refractivity contribution in [2.24, 2.45) is 0 Å². The molecule has 2 heterocycles.